The van der Waals surface area contributed by atoms with Crippen molar-refractivity contribution < 1.29 is 27.8 Å². The Balaban J connectivity index is 2.20. The van der Waals surface area contributed by atoms with Crippen molar-refractivity contribution in [1.29, 1.82) is 0 Å². The summed E-state index contributed by atoms with van der Waals surface area (Å²) in [5, 5.41) is 8.60. The van der Waals surface area contributed by atoms with Crippen molar-refractivity contribution >= 4 is 0 Å². The molecule has 1 N–H and O–H groups in total. The molecule has 0 saturated carbocycles. The molecule has 0 amide bonds. The topological polar surface area (TPSA) is 38.7 Å². The number of rotatable bonds is 7. The lowest BCUT2D eigenvalue weighted by atomic mass is 10.2. The van der Waals surface area contributed by atoms with Gasteiger partial charge in [0.25, 0.3) is 0 Å². The first-order valence-electron chi connectivity index (χ1n) is 6.48. The van der Waals surface area contributed by atoms with Gasteiger partial charge in [-0.2, -0.15) is 13.2 Å². The number of hydrogen-bond acceptors (Lipinski definition) is 3. The third kappa shape index (κ3) is 8.95. The third-order valence-corrected chi connectivity index (χ3v) is 2.29. The van der Waals surface area contributed by atoms with Crippen molar-refractivity contribution in [2.75, 3.05) is 26.4 Å². The van der Waals surface area contributed by atoms with Crippen LogP contribution < -0.4 is 4.74 Å². The largest absolute Gasteiger partial charge is 0.494 e. The van der Waals surface area contributed by atoms with Crippen LogP contribution >= 0.6 is 0 Å². The summed E-state index contributed by atoms with van der Waals surface area (Å²) in [6, 6.07) is 7.03. The van der Waals surface area contributed by atoms with Gasteiger partial charge < -0.3 is 14.6 Å². The average molecular weight is 302 g/mol. The molecule has 0 atom stereocenters. The van der Waals surface area contributed by atoms with Gasteiger partial charge >= 0.3 is 6.18 Å². The van der Waals surface area contributed by atoms with Gasteiger partial charge in [0.15, 0.2) is 0 Å². The molecule has 21 heavy (non-hydrogen) atoms. The quantitative estimate of drug-likeness (QED) is 0.622. The number of hydrogen-bond donors (Lipinski definition) is 1. The van der Waals surface area contributed by atoms with Gasteiger partial charge in [0, 0.05) is 18.4 Å². The number of aliphatic hydroxyl groups is 1. The Morgan fingerprint density at radius 2 is 1.81 bits per heavy atom. The van der Waals surface area contributed by atoms with E-state index in [2.05, 4.69) is 16.6 Å². The standard InChI is InChI=1S/C15H17F3O3/c16-15(17,18)12-20-10-3-11-21-14-7-5-13(6-8-14)4-1-2-9-19/h5-8,19H,2-3,9-12H2. The normalized spacial score (nSPS) is 10.9. The molecule has 0 aliphatic rings. The molecule has 1 rings (SSSR count). The maximum absolute atomic E-state index is 11.8. The summed E-state index contributed by atoms with van der Waals surface area (Å²) in [4.78, 5) is 0. The molecule has 6 heteroatoms. The van der Waals surface area contributed by atoms with Crippen LogP contribution in [0.5, 0.6) is 5.75 Å². The van der Waals surface area contributed by atoms with Crippen molar-refractivity contribution in [1.82, 2.24) is 0 Å². The van der Waals surface area contributed by atoms with Gasteiger partial charge in [-0.15, -0.1) is 0 Å². The van der Waals surface area contributed by atoms with Crippen LogP contribution in [0.3, 0.4) is 0 Å². The first-order valence-corrected chi connectivity index (χ1v) is 6.48. The fourth-order valence-corrected chi connectivity index (χ4v) is 1.39. The van der Waals surface area contributed by atoms with E-state index >= 15 is 0 Å². The molecule has 0 radical (unpaired) electrons. The highest BCUT2D eigenvalue weighted by molar-refractivity contribution is 5.38. The molecule has 0 saturated heterocycles. The van der Waals surface area contributed by atoms with Gasteiger partial charge in [-0.1, -0.05) is 11.8 Å². The molecule has 0 fully saturated rings. The predicted molar refractivity (Wildman–Crippen MR) is 72.0 cm³/mol. The maximum Gasteiger partial charge on any atom is 0.411 e. The Morgan fingerprint density at radius 1 is 1.10 bits per heavy atom. The van der Waals surface area contributed by atoms with Crippen molar-refractivity contribution in [2.24, 2.45) is 0 Å². The van der Waals surface area contributed by atoms with Crippen molar-refractivity contribution in [3.8, 4) is 17.6 Å². The summed E-state index contributed by atoms with van der Waals surface area (Å²) in [6.07, 6.45) is -3.47. The van der Waals surface area contributed by atoms with Crippen LogP contribution in [0.1, 0.15) is 18.4 Å². The van der Waals surface area contributed by atoms with Crippen LogP contribution in [0.2, 0.25) is 0 Å². The fraction of sp³-hybridized carbons (Fsp3) is 0.467. The Labute approximate surface area is 121 Å². The zero-order valence-corrected chi connectivity index (χ0v) is 11.4. The van der Waals surface area contributed by atoms with Gasteiger partial charge in [-0.25, -0.2) is 0 Å². The first kappa shape index (κ1) is 17.3. The van der Waals surface area contributed by atoms with Gasteiger partial charge in [-0.3, -0.25) is 0 Å². The number of ether oxygens (including phenoxy) is 2. The Kier molecular flexibility index (Phi) is 7.65. The lowest BCUT2D eigenvalue weighted by Crippen LogP contribution is -2.18. The molecular formula is C15H17F3O3. The second-order valence-corrected chi connectivity index (χ2v) is 4.17. The number of aliphatic hydroxyl groups excluding tert-OH is 1. The second kappa shape index (κ2) is 9.27. The summed E-state index contributed by atoms with van der Waals surface area (Å²) in [7, 11) is 0. The van der Waals surface area contributed by atoms with Gasteiger partial charge in [0.1, 0.15) is 12.4 Å². The molecule has 0 spiro atoms. The maximum atomic E-state index is 11.8. The summed E-state index contributed by atoms with van der Waals surface area (Å²) in [5.41, 5.74) is 0.810. The third-order valence-electron chi connectivity index (χ3n) is 2.29. The number of benzene rings is 1. The van der Waals surface area contributed by atoms with E-state index < -0.39 is 12.8 Å². The predicted octanol–water partition coefficient (Wildman–Crippen LogP) is 2.77. The smallest absolute Gasteiger partial charge is 0.411 e. The molecule has 0 aliphatic carbocycles. The molecule has 0 aromatic heterocycles. The molecular weight excluding hydrogens is 285 g/mol. The van der Waals surface area contributed by atoms with Crippen molar-refractivity contribution in [3.63, 3.8) is 0 Å². The van der Waals surface area contributed by atoms with Crippen LogP contribution in [-0.2, 0) is 4.74 Å². The Morgan fingerprint density at radius 3 is 2.43 bits per heavy atom. The van der Waals surface area contributed by atoms with Gasteiger partial charge in [-0.05, 0) is 24.3 Å². The minimum atomic E-state index is -4.28. The lowest BCUT2D eigenvalue weighted by Gasteiger charge is -2.08. The Hall–Kier alpha value is -1.71. The van der Waals surface area contributed by atoms with Crippen LogP contribution in [-0.4, -0.2) is 37.7 Å². The molecule has 116 valence electrons. The minimum absolute atomic E-state index is 0.00420. The number of halogens is 3. The zero-order valence-electron chi connectivity index (χ0n) is 11.4. The van der Waals surface area contributed by atoms with E-state index in [0.717, 1.165) is 5.56 Å². The molecule has 0 aliphatic heterocycles. The lowest BCUT2D eigenvalue weighted by molar-refractivity contribution is -0.174. The van der Waals surface area contributed by atoms with E-state index in [1.165, 1.54) is 0 Å². The van der Waals surface area contributed by atoms with E-state index in [-0.39, 0.29) is 19.8 Å². The van der Waals surface area contributed by atoms with Crippen LogP contribution in [0.15, 0.2) is 24.3 Å². The summed E-state index contributed by atoms with van der Waals surface area (Å²) >= 11 is 0. The summed E-state index contributed by atoms with van der Waals surface area (Å²) in [6.45, 7) is -0.906. The molecule has 3 nitrogen and oxygen atoms in total. The molecule has 1 aromatic carbocycles. The van der Waals surface area contributed by atoms with E-state index in [1.807, 2.05) is 0 Å². The SMILES string of the molecule is OCCC#Cc1ccc(OCCCOCC(F)(F)F)cc1. The van der Waals surface area contributed by atoms with Crippen LogP contribution in [0.4, 0.5) is 13.2 Å². The highest BCUT2D eigenvalue weighted by Crippen LogP contribution is 2.15. The van der Waals surface area contributed by atoms with Crippen molar-refractivity contribution in [3.05, 3.63) is 29.8 Å². The van der Waals surface area contributed by atoms with Crippen LogP contribution in [0.25, 0.3) is 0 Å². The Bertz CT molecular complexity index is 458. The first-order chi connectivity index (χ1) is 10.0. The highest BCUT2D eigenvalue weighted by atomic mass is 19.4. The van der Waals surface area contributed by atoms with E-state index in [0.29, 0.717) is 18.6 Å². The highest BCUT2D eigenvalue weighted by Gasteiger charge is 2.27. The van der Waals surface area contributed by atoms with Crippen LogP contribution in [0, 0.1) is 11.8 Å². The molecule has 0 bridgehead atoms. The summed E-state index contributed by atoms with van der Waals surface area (Å²) in [5.74, 6) is 6.30. The van der Waals surface area contributed by atoms with E-state index in [1.54, 1.807) is 24.3 Å². The van der Waals surface area contributed by atoms with E-state index in [9.17, 15) is 13.2 Å². The summed E-state index contributed by atoms with van der Waals surface area (Å²) < 4.78 is 45.2. The molecule has 0 heterocycles. The monoisotopic (exact) mass is 302 g/mol. The zero-order chi connectivity index (χ0) is 15.6. The van der Waals surface area contributed by atoms with Gasteiger partial charge in [0.2, 0.25) is 0 Å². The molecule has 1 aromatic rings. The number of alkyl halides is 3. The van der Waals surface area contributed by atoms with E-state index in [4.69, 9.17) is 9.84 Å². The average Bonchev–Trinajstić information content (AvgIpc) is 2.43. The minimum Gasteiger partial charge on any atom is -0.494 e. The van der Waals surface area contributed by atoms with Gasteiger partial charge in [0.05, 0.1) is 19.8 Å². The van der Waals surface area contributed by atoms with Crippen molar-refractivity contribution in [2.45, 2.75) is 19.0 Å². The molecule has 0 unspecified atom stereocenters. The second-order valence-electron chi connectivity index (χ2n) is 4.17. The fourth-order valence-electron chi connectivity index (χ4n) is 1.39.